The predicted octanol–water partition coefficient (Wildman–Crippen LogP) is 21.6. The molecule has 0 fully saturated rings. The molecule has 0 rings (SSSR count). The average Bonchev–Trinajstić information content (AvgIpc) is 3.39. The van der Waals surface area contributed by atoms with Crippen molar-refractivity contribution in [1.29, 1.82) is 0 Å². The Balaban J connectivity index is 4.36. The van der Waals surface area contributed by atoms with Gasteiger partial charge in [0, 0.05) is 19.3 Å². The Labute approximate surface area is 453 Å². The second-order valence-electron chi connectivity index (χ2n) is 21.3. The summed E-state index contributed by atoms with van der Waals surface area (Å²) in [5.41, 5.74) is 0. The predicted molar refractivity (Wildman–Crippen MR) is 316 cm³/mol. The van der Waals surface area contributed by atoms with E-state index in [1.54, 1.807) is 0 Å². The van der Waals surface area contributed by atoms with E-state index in [0.29, 0.717) is 19.3 Å². The van der Waals surface area contributed by atoms with Crippen LogP contribution in [0.5, 0.6) is 0 Å². The highest BCUT2D eigenvalue weighted by atomic mass is 16.6. The quantitative estimate of drug-likeness (QED) is 0.0261. The van der Waals surface area contributed by atoms with Crippen LogP contribution in [0.4, 0.5) is 0 Å². The zero-order chi connectivity index (χ0) is 52.9. The highest BCUT2D eigenvalue weighted by Gasteiger charge is 2.19. The van der Waals surface area contributed by atoms with Crippen molar-refractivity contribution in [2.75, 3.05) is 13.2 Å². The van der Waals surface area contributed by atoms with E-state index in [9.17, 15) is 14.4 Å². The second-order valence-corrected chi connectivity index (χ2v) is 21.3. The summed E-state index contributed by atoms with van der Waals surface area (Å²) in [6.07, 6.45) is 77.9. The van der Waals surface area contributed by atoms with Gasteiger partial charge in [0.15, 0.2) is 6.10 Å². The monoisotopic (exact) mass is 1020 g/mol. The van der Waals surface area contributed by atoms with E-state index in [0.717, 1.165) is 103 Å². The molecule has 1 unspecified atom stereocenters. The van der Waals surface area contributed by atoms with Crippen LogP contribution in [0.2, 0.25) is 0 Å². The van der Waals surface area contributed by atoms with Gasteiger partial charge in [0.25, 0.3) is 0 Å². The van der Waals surface area contributed by atoms with Gasteiger partial charge in [-0.25, -0.2) is 0 Å². The average molecular weight is 1020 g/mol. The molecule has 0 aromatic carbocycles. The van der Waals surface area contributed by atoms with Crippen molar-refractivity contribution in [3.63, 3.8) is 0 Å². The minimum atomic E-state index is -0.787. The van der Waals surface area contributed by atoms with Crippen LogP contribution in [0.3, 0.4) is 0 Å². The number of hydrogen-bond acceptors (Lipinski definition) is 6. The first-order valence-corrected chi connectivity index (χ1v) is 31.8. The van der Waals surface area contributed by atoms with Crippen LogP contribution in [0.25, 0.3) is 0 Å². The summed E-state index contributed by atoms with van der Waals surface area (Å²) in [7, 11) is 0. The number of esters is 3. The van der Waals surface area contributed by atoms with Crippen molar-refractivity contribution in [2.24, 2.45) is 0 Å². The largest absolute Gasteiger partial charge is 0.462 e. The van der Waals surface area contributed by atoms with E-state index in [4.69, 9.17) is 14.2 Å². The van der Waals surface area contributed by atoms with Gasteiger partial charge in [-0.2, -0.15) is 0 Å². The maximum atomic E-state index is 12.9. The summed E-state index contributed by atoms with van der Waals surface area (Å²) in [5.74, 6) is -0.891. The molecule has 6 nitrogen and oxygen atoms in total. The lowest BCUT2D eigenvalue weighted by Gasteiger charge is -2.18. The number of ether oxygens (including phenoxy) is 3. The smallest absolute Gasteiger partial charge is 0.306 e. The normalized spacial score (nSPS) is 12.4. The molecule has 0 aliphatic rings. The van der Waals surface area contributed by atoms with E-state index in [-0.39, 0.29) is 31.1 Å². The Kier molecular flexibility index (Phi) is 59.2. The van der Waals surface area contributed by atoms with Crippen molar-refractivity contribution in [2.45, 2.75) is 335 Å². The molecule has 424 valence electrons. The maximum Gasteiger partial charge on any atom is 0.306 e. The van der Waals surface area contributed by atoms with Gasteiger partial charge in [0.1, 0.15) is 13.2 Å². The van der Waals surface area contributed by atoms with Gasteiger partial charge in [-0.15, -0.1) is 0 Å². The van der Waals surface area contributed by atoms with Crippen LogP contribution < -0.4 is 0 Å². The molecule has 1 atom stereocenters. The fourth-order valence-electron chi connectivity index (χ4n) is 9.19. The molecular formula is C67H120O6. The Morgan fingerprint density at radius 1 is 0.274 bits per heavy atom. The summed E-state index contributed by atoms with van der Waals surface area (Å²) >= 11 is 0. The first-order chi connectivity index (χ1) is 36.0. The van der Waals surface area contributed by atoms with Crippen molar-refractivity contribution in [3.8, 4) is 0 Å². The summed E-state index contributed by atoms with van der Waals surface area (Å²) < 4.78 is 16.9. The molecule has 0 saturated heterocycles. The molecule has 73 heavy (non-hydrogen) atoms. The zero-order valence-electron chi connectivity index (χ0n) is 48.7. The minimum absolute atomic E-state index is 0.0813. The first kappa shape index (κ1) is 70.1. The van der Waals surface area contributed by atoms with E-state index in [1.165, 1.54) is 186 Å². The van der Waals surface area contributed by atoms with Crippen molar-refractivity contribution in [3.05, 3.63) is 60.8 Å². The van der Waals surface area contributed by atoms with Crippen LogP contribution in [-0.4, -0.2) is 37.2 Å². The molecule has 0 radical (unpaired) electrons. The zero-order valence-corrected chi connectivity index (χ0v) is 48.7. The first-order valence-electron chi connectivity index (χ1n) is 31.8. The third-order valence-electron chi connectivity index (χ3n) is 14.0. The molecule has 0 saturated carbocycles. The van der Waals surface area contributed by atoms with Crippen molar-refractivity contribution < 1.29 is 28.6 Å². The second kappa shape index (κ2) is 61.7. The lowest BCUT2D eigenvalue weighted by Crippen LogP contribution is -2.30. The minimum Gasteiger partial charge on any atom is -0.462 e. The van der Waals surface area contributed by atoms with Gasteiger partial charge >= 0.3 is 17.9 Å². The van der Waals surface area contributed by atoms with Crippen molar-refractivity contribution in [1.82, 2.24) is 0 Å². The molecule has 0 N–H and O–H groups in total. The van der Waals surface area contributed by atoms with Crippen molar-refractivity contribution >= 4 is 17.9 Å². The standard InChI is InChI=1S/C67H120O6/c1-4-7-10-13-16-19-22-25-28-30-32-33-35-36-39-42-45-48-51-54-57-60-66(69)72-63-64(62-71-65(68)59-56-53-50-47-44-41-38-27-24-21-18-15-12-9-6-3)73-67(70)61-58-55-52-49-46-43-40-37-34-31-29-26-23-20-17-14-11-8-5-2/h17-18,20-21,26-27,29,34,37-38,64H,4-16,19,22-25,28,30-33,35-36,39-63H2,1-3H3/b20-17-,21-18-,29-26-,37-34-,38-27-. The number of carbonyl (C=O) groups is 3. The van der Waals surface area contributed by atoms with Crippen LogP contribution in [0, 0.1) is 0 Å². The molecule has 6 heteroatoms. The van der Waals surface area contributed by atoms with E-state index in [1.807, 2.05) is 0 Å². The summed E-state index contributed by atoms with van der Waals surface area (Å²) in [5, 5.41) is 0. The van der Waals surface area contributed by atoms with Crippen LogP contribution in [0.15, 0.2) is 60.8 Å². The van der Waals surface area contributed by atoms with Crippen LogP contribution in [-0.2, 0) is 28.6 Å². The number of allylic oxidation sites excluding steroid dienone is 10. The Morgan fingerprint density at radius 3 is 0.795 bits per heavy atom. The van der Waals surface area contributed by atoms with E-state index < -0.39 is 6.10 Å². The number of unbranched alkanes of at least 4 members (excludes halogenated alkanes) is 37. The molecule has 0 bridgehead atoms. The molecule has 0 aliphatic carbocycles. The Bertz CT molecular complexity index is 1310. The molecule has 0 aromatic rings. The fourth-order valence-corrected chi connectivity index (χ4v) is 9.19. The topological polar surface area (TPSA) is 78.9 Å². The van der Waals surface area contributed by atoms with Gasteiger partial charge < -0.3 is 14.2 Å². The molecule has 0 heterocycles. The molecule has 0 aromatic heterocycles. The molecule has 0 aliphatic heterocycles. The van der Waals surface area contributed by atoms with Gasteiger partial charge in [0.05, 0.1) is 0 Å². The third-order valence-corrected chi connectivity index (χ3v) is 14.0. The van der Waals surface area contributed by atoms with Gasteiger partial charge in [-0.1, -0.05) is 281 Å². The van der Waals surface area contributed by atoms with Crippen LogP contribution in [0.1, 0.15) is 329 Å². The van der Waals surface area contributed by atoms with Crippen LogP contribution >= 0.6 is 0 Å². The lowest BCUT2D eigenvalue weighted by atomic mass is 10.0. The highest BCUT2D eigenvalue weighted by molar-refractivity contribution is 5.71. The fraction of sp³-hybridized carbons (Fsp3) is 0.806. The summed E-state index contributed by atoms with van der Waals surface area (Å²) in [4.78, 5) is 38.3. The third kappa shape index (κ3) is 59.9. The van der Waals surface area contributed by atoms with Gasteiger partial charge in [-0.3, -0.25) is 14.4 Å². The highest BCUT2D eigenvalue weighted by Crippen LogP contribution is 2.17. The SMILES string of the molecule is CCCCC/C=C\C/C=C\C/C=C\CCCCCCCCC(=O)OC(COC(=O)CCCCCCC/C=C\C/C=C\CCCCC)COC(=O)CCCCCCCCCCCCCCCCCCCCCCC. The maximum absolute atomic E-state index is 12.9. The van der Waals surface area contributed by atoms with Gasteiger partial charge in [-0.05, 0) is 89.9 Å². The number of rotatable bonds is 58. The van der Waals surface area contributed by atoms with Gasteiger partial charge in [0.2, 0.25) is 0 Å². The Morgan fingerprint density at radius 2 is 0.493 bits per heavy atom. The Hall–Kier alpha value is -2.89. The van der Waals surface area contributed by atoms with E-state index in [2.05, 4.69) is 81.5 Å². The number of carbonyl (C=O) groups excluding carboxylic acids is 3. The lowest BCUT2D eigenvalue weighted by molar-refractivity contribution is -0.167. The van der Waals surface area contributed by atoms with E-state index >= 15 is 0 Å². The summed E-state index contributed by atoms with van der Waals surface area (Å²) in [6.45, 7) is 6.61. The molecular weight excluding hydrogens is 901 g/mol. The summed E-state index contributed by atoms with van der Waals surface area (Å²) in [6, 6.07) is 0. The molecule has 0 spiro atoms. The molecule has 0 amide bonds. The number of hydrogen-bond donors (Lipinski definition) is 0.